The molecule has 1 unspecified atom stereocenters. The maximum absolute atomic E-state index is 12.4. The number of carbonyl (C=O) groups excluding carboxylic acids is 1. The Morgan fingerprint density at radius 3 is 2.67 bits per heavy atom. The van der Waals surface area contributed by atoms with E-state index in [2.05, 4.69) is 59.9 Å². The summed E-state index contributed by atoms with van der Waals surface area (Å²) in [6.07, 6.45) is 1.19. The van der Waals surface area contributed by atoms with Gasteiger partial charge in [-0.1, -0.05) is 36.8 Å². The molecule has 0 saturated carbocycles. The van der Waals surface area contributed by atoms with E-state index in [1.54, 1.807) is 22.7 Å². The Bertz CT molecular complexity index is 791. The van der Waals surface area contributed by atoms with E-state index in [0.717, 1.165) is 28.2 Å². The number of hydrogen-bond donors (Lipinski definition) is 1. The molecule has 3 rings (SSSR count). The van der Waals surface area contributed by atoms with E-state index >= 15 is 0 Å². The van der Waals surface area contributed by atoms with Gasteiger partial charge in [0, 0.05) is 16.3 Å². The van der Waals surface area contributed by atoms with E-state index in [1.165, 1.54) is 5.56 Å². The highest BCUT2D eigenvalue weighted by Crippen LogP contribution is 2.26. The largest absolute Gasteiger partial charge is 0.349 e. The van der Waals surface area contributed by atoms with Crippen molar-refractivity contribution in [1.82, 2.24) is 10.3 Å². The van der Waals surface area contributed by atoms with Crippen molar-refractivity contribution in [2.24, 2.45) is 0 Å². The molecule has 24 heavy (non-hydrogen) atoms. The lowest BCUT2D eigenvalue weighted by Crippen LogP contribution is -2.29. The average Bonchev–Trinajstić information content (AvgIpc) is 3.24. The molecule has 1 amide bonds. The van der Waals surface area contributed by atoms with Gasteiger partial charge in [0.2, 0.25) is 5.91 Å². The number of thiazole rings is 1. The lowest BCUT2D eigenvalue weighted by Gasteiger charge is -2.17. The number of benzene rings is 1. The van der Waals surface area contributed by atoms with Gasteiger partial charge in [-0.3, -0.25) is 4.79 Å². The van der Waals surface area contributed by atoms with Crippen LogP contribution < -0.4 is 5.32 Å². The minimum atomic E-state index is 0.0181. The van der Waals surface area contributed by atoms with Crippen molar-refractivity contribution in [3.63, 3.8) is 0 Å². The van der Waals surface area contributed by atoms with Crippen LogP contribution in [0, 0.1) is 6.92 Å². The van der Waals surface area contributed by atoms with Crippen molar-refractivity contribution in [2.45, 2.75) is 32.7 Å². The highest BCUT2D eigenvalue weighted by Gasteiger charge is 2.14. The molecule has 0 saturated heterocycles. The molecule has 0 aliphatic carbocycles. The Balaban J connectivity index is 1.63. The van der Waals surface area contributed by atoms with Crippen molar-refractivity contribution in [3.8, 4) is 10.6 Å². The number of thiophene rings is 1. The summed E-state index contributed by atoms with van der Waals surface area (Å²) in [4.78, 5) is 16.9. The fourth-order valence-electron chi connectivity index (χ4n) is 2.54. The second-order valence-electron chi connectivity index (χ2n) is 5.77. The molecule has 0 fully saturated rings. The van der Waals surface area contributed by atoms with E-state index < -0.39 is 0 Å². The summed E-state index contributed by atoms with van der Waals surface area (Å²) in [5, 5.41) is 10.2. The molecular weight excluding hydrogens is 336 g/mol. The number of rotatable bonds is 6. The van der Waals surface area contributed by atoms with Crippen LogP contribution in [0.5, 0.6) is 0 Å². The van der Waals surface area contributed by atoms with E-state index in [1.807, 2.05) is 10.8 Å². The molecular formula is C19H20N2OS2. The predicted octanol–water partition coefficient (Wildman–Crippen LogP) is 4.99. The third-order valence-electron chi connectivity index (χ3n) is 3.88. The molecule has 0 bridgehead atoms. The van der Waals surface area contributed by atoms with Crippen molar-refractivity contribution in [1.29, 1.82) is 0 Å². The van der Waals surface area contributed by atoms with Gasteiger partial charge >= 0.3 is 0 Å². The maximum atomic E-state index is 12.4. The summed E-state index contributed by atoms with van der Waals surface area (Å²) in [5.74, 6) is 0.0181. The summed E-state index contributed by atoms with van der Waals surface area (Å²) in [6.45, 7) is 4.15. The Labute approximate surface area is 150 Å². The molecule has 1 atom stereocenters. The van der Waals surface area contributed by atoms with Crippen LogP contribution in [0.15, 0.2) is 46.5 Å². The second kappa shape index (κ2) is 7.73. The topological polar surface area (TPSA) is 42.0 Å². The van der Waals surface area contributed by atoms with E-state index in [4.69, 9.17) is 0 Å². The standard InChI is InChI=1S/C19H20N2OS2/c1-3-17(14-6-4-13(2)5-7-14)21-18(22)10-16-12-24-19(20-16)15-8-9-23-11-15/h4-9,11-12,17H,3,10H2,1-2H3,(H,21,22). The van der Waals surface area contributed by atoms with Crippen LogP contribution in [-0.4, -0.2) is 10.9 Å². The fraction of sp³-hybridized carbons (Fsp3) is 0.263. The van der Waals surface area contributed by atoms with E-state index in [9.17, 15) is 4.79 Å². The second-order valence-corrected chi connectivity index (χ2v) is 7.41. The molecule has 3 aromatic rings. The van der Waals surface area contributed by atoms with Crippen LogP contribution in [0.25, 0.3) is 10.6 Å². The first-order chi connectivity index (χ1) is 11.7. The van der Waals surface area contributed by atoms with Crippen molar-refractivity contribution >= 4 is 28.6 Å². The lowest BCUT2D eigenvalue weighted by atomic mass is 10.0. The fourth-order valence-corrected chi connectivity index (χ4v) is 4.07. The van der Waals surface area contributed by atoms with Gasteiger partial charge in [-0.05, 0) is 30.4 Å². The summed E-state index contributed by atoms with van der Waals surface area (Å²) >= 11 is 3.24. The minimum Gasteiger partial charge on any atom is -0.349 e. The normalized spacial score (nSPS) is 12.1. The molecule has 0 aliphatic rings. The smallest absolute Gasteiger partial charge is 0.226 e. The minimum absolute atomic E-state index is 0.0181. The van der Waals surface area contributed by atoms with Gasteiger partial charge in [0.05, 0.1) is 18.2 Å². The van der Waals surface area contributed by atoms with Gasteiger partial charge in [0.15, 0.2) is 0 Å². The van der Waals surface area contributed by atoms with Crippen molar-refractivity contribution in [3.05, 3.63) is 63.3 Å². The molecule has 3 nitrogen and oxygen atoms in total. The van der Waals surface area contributed by atoms with Gasteiger partial charge in [-0.15, -0.1) is 11.3 Å². The average molecular weight is 357 g/mol. The molecule has 124 valence electrons. The van der Waals surface area contributed by atoms with Crippen LogP contribution in [-0.2, 0) is 11.2 Å². The number of carbonyl (C=O) groups is 1. The third-order valence-corrected chi connectivity index (χ3v) is 5.51. The summed E-state index contributed by atoms with van der Waals surface area (Å²) < 4.78 is 0. The van der Waals surface area contributed by atoms with Gasteiger partial charge in [-0.25, -0.2) is 4.98 Å². The monoisotopic (exact) mass is 356 g/mol. The number of aromatic nitrogens is 1. The molecule has 0 aliphatic heterocycles. The zero-order valence-corrected chi connectivity index (χ0v) is 15.4. The van der Waals surface area contributed by atoms with Crippen molar-refractivity contribution < 1.29 is 4.79 Å². The Morgan fingerprint density at radius 2 is 2.00 bits per heavy atom. The predicted molar refractivity (Wildman–Crippen MR) is 101 cm³/mol. The number of hydrogen-bond acceptors (Lipinski definition) is 4. The summed E-state index contributed by atoms with van der Waals surface area (Å²) in [7, 11) is 0. The molecule has 2 heterocycles. The zero-order chi connectivity index (χ0) is 16.9. The number of amides is 1. The molecule has 1 aromatic carbocycles. The van der Waals surface area contributed by atoms with Crippen LogP contribution in [0.3, 0.4) is 0 Å². The Kier molecular flexibility index (Phi) is 5.43. The van der Waals surface area contributed by atoms with Crippen LogP contribution in [0.2, 0.25) is 0 Å². The summed E-state index contributed by atoms with van der Waals surface area (Å²) in [6, 6.07) is 10.4. The summed E-state index contributed by atoms with van der Waals surface area (Å²) in [5.41, 5.74) is 4.33. The molecule has 2 aromatic heterocycles. The Morgan fingerprint density at radius 1 is 1.21 bits per heavy atom. The SMILES string of the molecule is CCC(NC(=O)Cc1csc(-c2ccsc2)n1)c1ccc(C)cc1. The number of aryl methyl sites for hydroxylation is 1. The lowest BCUT2D eigenvalue weighted by molar-refractivity contribution is -0.121. The zero-order valence-electron chi connectivity index (χ0n) is 13.8. The Hall–Kier alpha value is -1.98. The van der Waals surface area contributed by atoms with Gasteiger partial charge in [-0.2, -0.15) is 11.3 Å². The van der Waals surface area contributed by atoms with Crippen LogP contribution >= 0.6 is 22.7 Å². The molecule has 0 radical (unpaired) electrons. The number of nitrogens with one attached hydrogen (secondary N) is 1. The first kappa shape index (κ1) is 16.9. The third kappa shape index (κ3) is 4.10. The highest BCUT2D eigenvalue weighted by atomic mass is 32.1. The van der Waals surface area contributed by atoms with Crippen LogP contribution in [0.4, 0.5) is 0 Å². The van der Waals surface area contributed by atoms with E-state index in [0.29, 0.717) is 6.42 Å². The number of nitrogens with zero attached hydrogens (tertiary/aromatic N) is 1. The molecule has 5 heteroatoms. The highest BCUT2D eigenvalue weighted by molar-refractivity contribution is 7.14. The van der Waals surface area contributed by atoms with Gasteiger partial charge in [0.25, 0.3) is 0 Å². The van der Waals surface area contributed by atoms with Gasteiger partial charge < -0.3 is 5.32 Å². The molecule has 1 N–H and O–H groups in total. The first-order valence-electron chi connectivity index (χ1n) is 7.98. The van der Waals surface area contributed by atoms with Gasteiger partial charge in [0.1, 0.15) is 5.01 Å². The first-order valence-corrected chi connectivity index (χ1v) is 9.81. The van der Waals surface area contributed by atoms with E-state index in [-0.39, 0.29) is 11.9 Å². The quantitative estimate of drug-likeness (QED) is 0.676. The van der Waals surface area contributed by atoms with Crippen LogP contribution in [0.1, 0.15) is 36.2 Å². The van der Waals surface area contributed by atoms with Crippen molar-refractivity contribution in [2.75, 3.05) is 0 Å². The maximum Gasteiger partial charge on any atom is 0.226 e. The molecule has 0 spiro atoms.